The minimum Gasteiger partial charge on any atom is -0.0622 e. The summed E-state index contributed by atoms with van der Waals surface area (Å²) < 4.78 is 0. The summed E-state index contributed by atoms with van der Waals surface area (Å²) in [6, 6.07) is 0. The van der Waals surface area contributed by atoms with Crippen LogP contribution in [0.15, 0.2) is 0 Å². The van der Waals surface area contributed by atoms with Crippen LogP contribution in [-0.4, -0.2) is 0 Å². The average Bonchev–Trinajstić information content (AvgIpc) is 2.30. The second-order valence-corrected chi connectivity index (χ2v) is 4.78. The van der Waals surface area contributed by atoms with E-state index in [4.69, 9.17) is 0 Å². The molecule has 11 heavy (non-hydrogen) atoms. The lowest BCUT2D eigenvalue weighted by atomic mass is 9.78. The highest BCUT2D eigenvalue weighted by Crippen LogP contribution is 2.48. The summed E-state index contributed by atoms with van der Waals surface area (Å²) in [7, 11) is 0. The maximum Gasteiger partial charge on any atom is -0.0357 e. The molecule has 2 rings (SSSR count). The molecule has 2 fully saturated rings. The van der Waals surface area contributed by atoms with Crippen molar-refractivity contribution in [3.8, 4) is 0 Å². The molecule has 0 radical (unpaired) electrons. The van der Waals surface area contributed by atoms with Crippen LogP contribution in [0.4, 0.5) is 0 Å². The zero-order chi connectivity index (χ0) is 7.84. The van der Waals surface area contributed by atoms with E-state index in [1.165, 1.54) is 25.7 Å². The first-order chi connectivity index (χ1) is 5.29. The highest BCUT2D eigenvalue weighted by atomic mass is 14.4. The lowest BCUT2D eigenvalue weighted by Gasteiger charge is -2.27. The van der Waals surface area contributed by atoms with E-state index in [1.54, 1.807) is 6.42 Å². The average molecular weight is 152 g/mol. The highest BCUT2D eigenvalue weighted by molar-refractivity contribution is 4.88. The van der Waals surface area contributed by atoms with Crippen molar-refractivity contribution in [1.29, 1.82) is 0 Å². The fourth-order valence-electron chi connectivity index (χ4n) is 3.34. The van der Waals surface area contributed by atoms with Gasteiger partial charge in [-0.2, -0.15) is 0 Å². The molecule has 0 bridgehead atoms. The number of rotatable bonds is 0. The van der Waals surface area contributed by atoms with Crippen molar-refractivity contribution in [2.75, 3.05) is 0 Å². The first-order valence-corrected chi connectivity index (χ1v) is 5.29. The molecule has 0 heterocycles. The summed E-state index contributed by atoms with van der Waals surface area (Å²) in [5.41, 5.74) is 0. The van der Waals surface area contributed by atoms with Gasteiger partial charge in [-0.3, -0.25) is 0 Å². The largest absolute Gasteiger partial charge is 0.0622 e. The smallest absolute Gasteiger partial charge is 0.0357 e. The van der Waals surface area contributed by atoms with E-state index in [1.807, 2.05) is 0 Å². The Hall–Kier alpha value is 0. The van der Waals surface area contributed by atoms with Crippen molar-refractivity contribution in [3.63, 3.8) is 0 Å². The third-order valence-corrected chi connectivity index (χ3v) is 4.22. The van der Waals surface area contributed by atoms with Gasteiger partial charge in [0, 0.05) is 0 Å². The van der Waals surface area contributed by atoms with E-state index < -0.39 is 0 Å². The van der Waals surface area contributed by atoms with Crippen molar-refractivity contribution in [2.45, 2.75) is 46.0 Å². The molecule has 0 aromatic carbocycles. The Morgan fingerprint density at radius 3 is 2.45 bits per heavy atom. The Balaban J connectivity index is 2.05. The van der Waals surface area contributed by atoms with E-state index >= 15 is 0 Å². The van der Waals surface area contributed by atoms with Gasteiger partial charge in [0.2, 0.25) is 0 Å². The molecule has 2 saturated carbocycles. The maximum absolute atomic E-state index is 2.47. The van der Waals surface area contributed by atoms with Crippen LogP contribution in [-0.2, 0) is 0 Å². The Labute approximate surface area is 70.4 Å². The maximum atomic E-state index is 2.47. The molecule has 64 valence electrons. The third kappa shape index (κ3) is 1.21. The van der Waals surface area contributed by atoms with E-state index in [-0.39, 0.29) is 0 Å². The lowest BCUT2D eigenvalue weighted by Crippen LogP contribution is -2.17. The Morgan fingerprint density at radius 2 is 1.73 bits per heavy atom. The Morgan fingerprint density at radius 1 is 1.00 bits per heavy atom. The Bertz CT molecular complexity index is 139. The van der Waals surface area contributed by atoms with E-state index in [2.05, 4.69) is 13.8 Å². The van der Waals surface area contributed by atoms with Gasteiger partial charge in [-0.1, -0.05) is 33.1 Å². The molecular formula is C11H20. The predicted octanol–water partition coefficient (Wildman–Crippen LogP) is 3.47. The minimum absolute atomic E-state index is 1.02. The summed E-state index contributed by atoms with van der Waals surface area (Å²) in [4.78, 5) is 0. The van der Waals surface area contributed by atoms with Gasteiger partial charge < -0.3 is 0 Å². The van der Waals surface area contributed by atoms with Gasteiger partial charge in [-0.05, 0) is 36.5 Å². The summed E-state index contributed by atoms with van der Waals surface area (Å²) in [5.74, 6) is 4.27. The number of hydrogen-bond acceptors (Lipinski definition) is 0. The summed E-state index contributed by atoms with van der Waals surface area (Å²) in [5, 5.41) is 0. The van der Waals surface area contributed by atoms with Gasteiger partial charge in [-0.15, -0.1) is 0 Å². The van der Waals surface area contributed by atoms with Crippen molar-refractivity contribution in [1.82, 2.24) is 0 Å². The van der Waals surface area contributed by atoms with Crippen molar-refractivity contribution >= 4 is 0 Å². The molecule has 0 aromatic rings. The van der Waals surface area contributed by atoms with Crippen LogP contribution in [0.5, 0.6) is 0 Å². The molecule has 2 aliphatic carbocycles. The lowest BCUT2D eigenvalue weighted by molar-refractivity contribution is 0.232. The van der Waals surface area contributed by atoms with Gasteiger partial charge in [0.05, 0.1) is 0 Å². The fourth-order valence-corrected chi connectivity index (χ4v) is 3.34. The summed E-state index contributed by atoms with van der Waals surface area (Å²) in [6.07, 6.45) is 7.64. The molecule has 0 aliphatic heterocycles. The molecule has 0 spiro atoms. The number of fused-ring (bicyclic) bond motifs is 1. The van der Waals surface area contributed by atoms with Gasteiger partial charge in [0.15, 0.2) is 0 Å². The zero-order valence-corrected chi connectivity index (χ0v) is 7.84. The quantitative estimate of drug-likeness (QED) is 0.498. The van der Waals surface area contributed by atoms with Crippen LogP contribution < -0.4 is 0 Å². The molecule has 0 aromatic heterocycles. The molecule has 0 heteroatoms. The highest BCUT2D eigenvalue weighted by Gasteiger charge is 2.38. The molecular weight excluding hydrogens is 132 g/mol. The molecule has 0 nitrogen and oxygen atoms in total. The predicted molar refractivity (Wildman–Crippen MR) is 48.4 cm³/mol. The molecule has 0 N–H and O–H groups in total. The first kappa shape index (κ1) is 7.64. The van der Waals surface area contributed by atoms with Gasteiger partial charge in [-0.25, -0.2) is 0 Å². The van der Waals surface area contributed by atoms with E-state index in [0.717, 1.165) is 23.7 Å². The normalized spacial score (nSPS) is 50.7. The zero-order valence-electron chi connectivity index (χ0n) is 7.84. The minimum atomic E-state index is 1.02. The molecule has 0 saturated heterocycles. The van der Waals surface area contributed by atoms with Crippen LogP contribution >= 0.6 is 0 Å². The Kier molecular flexibility index (Phi) is 1.95. The molecule has 4 atom stereocenters. The van der Waals surface area contributed by atoms with E-state index in [9.17, 15) is 0 Å². The number of hydrogen-bond donors (Lipinski definition) is 0. The topological polar surface area (TPSA) is 0 Å². The van der Waals surface area contributed by atoms with Gasteiger partial charge in [0.25, 0.3) is 0 Å². The van der Waals surface area contributed by atoms with Gasteiger partial charge in [0.1, 0.15) is 0 Å². The first-order valence-electron chi connectivity index (χ1n) is 5.29. The van der Waals surface area contributed by atoms with Crippen molar-refractivity contribution < 1.29 is 0 Å². The molecule has 0 amide bonds. The van der Waals surface area contributed by atoms with Crippen LogP contribution in [0.1, 0.15) is 46.0 Å². The standard InChI is InChI=1S/C11H20/c1-8-7-10-5-3-4-6-11(10)9(8)2/h8-11H,3-7H2,1-2H3/t8-,9-,10?,11-/m0/s1. The second-order valence-electron chi connectivity index (χ2n) is 4.78. The monoisotopic (exact) mass is 152 g/mol. The summed E-state index contributed by atoms with van der Waals surface area (Å²) in [6.45, 7) is 4.92. The summed E-state index contributed by atoms with van der Waals surface area (Å²) >= 11 is 0. The third-order valence-electron chi connectivity index (χ3n) is 4.22. The van der Waals surface area contributed by atoms with Crippen LogP contribution in [0, 0.1) is 23.7 Å². The van der Waals surface area contributed by atoms with Crippen LogP contribution in [0.2, 0.25) is 0 Å². The van der Waals surface area contributed by atoms with Crippen LogP contribution in [0.3, 0.4) is 0 Å². The van der Waals surface area contributed by atoms with Gasteiger partial charge >= 0.3 is 0 Å². The SMILES string of the molecule is C[C@@H]1[C@@H]2CCCCC2C[C@@H]1C. The fraction of sp³-hybridized carbons (Fsp3) is 1.00. The van der Waals surface area contributed by atoms with Crippen molar-refractivity contribution in [2.24, 2.45) is 23.7 Å². The van der Waals surface area contributed by atoms with Crippen molar-refractivity contribution in [3.05, 3.63) is 0 Å². The van der Waals surface area contributed by atoms with E-state index in [0.29, 0.717) is 0 Å². The second kappa shape index (κ2) is 2.80. The molecule has 1 unspecified atom stereocenters. The van der Waals surface area contributed by atoms with Crippen LogP contribution in [0.25, 0.3) is 0 Å². The molecule has 2 aliphatic rings.